The summed E-state index contributed by atoms with van der Waals surface area (Å²) in [6.45, 7) is 12.0. The van der Waals surface area contributed by atoms with E-state index in [1.165, 1.54) is 6.33 Å². The highest BCUT2D eigenvalue weighted by Crippen LogP contribution is 2.48. The Bertz CT molecular complexity index is 1470. The lowest BCUT2D eigenvalue weighted by atomic mass is 9.87. The maximum Gasteiger partial charge on any atom is 0.337 e. The summed E-state index contributed by atoms with van der Waals surface area (Å²) in [6.07, 6.45) is 4.02. The van der Waals surface area contributed by atoms with Gasteiger partial charge in [-0.2, -0.15) is 0 Å². The van der Waals surface area contributed by atoms with E-state index in [1.807, 2.05) is 64.4 Å². The number of carbonyl (C=O) groups is 1. The van der Waals surface area contributed by atoms with Crippen LogP contribution in [0.4, 0.5) is 5.69 Å². The maximum atomic E-state index is 12.8. The normalized spacial score (nSPS) is 14.3. The standard InChI is InChI=1S/C29H31ClN4O3/c1-17-12-22-24(20-6-8-21(30)9-7-20)23(27(28(35)36)37-29(3,4)5)18(2)25-26(22)34(17)11-10-33(25)15-19-13-31-16-32-14-19/h6-9,12-14,16,27H,10-11,15H2,1-5H3,(H,35,36)/t27-/m0/s1. The van der Waals surface area contributed by atoms with Crippen molar-refractivity contribution in [2.45, 2.75) is 59.4 Å². The summed E-state index contributed by atoms with van der Waals surface area (Å²) in [5, 5.41) is 12.1. The largest absolute Gasteiger partial charge is 0.479 e. The SMILES string of the molecule is Cc1c([C@H](OC(C)(C)C)C(=O)O)c(-c2ccc(Cl)cc2)c2cc(C)n3c2c1N(Cc1cncnc1)CC3. The molecule has 8 heteroatoms. The number of nitrogens with zero attached hydrogens (tertiary/aromatic N) is 4. The molecule has 7 nitrogen and oxygen atoms in total. The third-order valence-electron chi connectivity index (χ3n) is 6.81. The number of aromatic nitrogens is 3. The third-order valence-corrected chi connectivity index (χ3v) is 7.07. The molecular weight excluding hydrogens is 488 g/mol. The van der Waals surface area contributed by atoms with E-state index in [4.69, 9.17) is 16.3 Å². The lowest BCUT2D eigenvalue weighted by Crippen LogP contribution is -2.33. The number of rotatable bonds is 6. The minimum Gasteiger partial charge on any atom is -0.479 e. The van der Waals surface area contributed by atoms with Crippen molar-refractivity contribution in [1.29, 1.82) is 0 Å². The average Bonchev–Trinajstić information content (AvgIpc) is 3.17. The van der Waals surface area contributed by atoms with Gasteiger partial charge in [-0.15, -0.1) is 0 Å². The monoisotopic (exact) mass is 518 g/mol. The molecule has 0 fully saturated rings. The van der Waals surface area contributed by atoms with Gasteiger partial charge in [-0.3, -0.25) is 0 Å². The van der Waals surface area contributed by atoms with Gasteiger partial charge in [-0.1, -0.05) is 23.7 Å². The summed E-state index contributed by atoms with van der Waals surface area (Å²) in [6, 6.07) is 9.75. The molecule has 0 amide bonds. The topological polar surface area (TPSA) is 80.5 Å². The molecule has 1 atom stereocenters. The number of ether oxygens (including phenoxy) is 1. The van der Waals surface area contributed by atoms with Crippen LogP contribution in [0.5, 0.6) is 0 Å². The fourth-order valence-corrected chi connectivity index (χ4v) is 5.53. The summed E-state index contributed by atoms with van der Waals surface area (Å²) >= 11 is 6.23. The van der Waals surface area contributed by atoms with Gasteiger partial charge in [0.25, 0.3) is 0 Å². The highest BCUT2D eigenvalue weighted by atomic mass is 35.5. The number of anilines is 1. The number of halogens is 1. The second-order valence-electron chi connectivity index (χ2n) is 10.6. The molecule has 1 N–H and O–H groups in total. The quantitative estimate of drug-likeness (QED) is 0.321. The van der Waals surface area contributed by atoms with Crippen molar-refractivity contribution < 1.29 is 14.6 Å². The number of hydrogen-bond acceptors (Lipinski definition) is 5. The van der Waals surface area contributed by atoms with Crippen LogP contribution in [-0.4, -0.2) is 37.8 Å². The molecule has 3 heterocycles. The van der Waals surface area contributed by atoms with Crippen molar-refractivity contribution in [3.05, 3.63) is 76.5 Å². The van der Waals surface area contributed by atoms with E-state index >= 15 is 0 Å². The van der Waals surface area contributed by atoms with Crippen LogP contribution >= 0.6 is 11.6 Å². The predicted molar refractivity (Wildman–Crippen MR) is 146 cm³/mol. The van der Waals surface area contributed by atoms with Crippen LogP contribution in [0.2, 0.25) is 5.02 Å². The van der Waals surface area contributed by atoms with Crippen LogP contribution in [0, 0.1) is 13.8 Å². The van der Waals surface area contributed by atoms with Gasteiger partial charge in [-0.25, -0.2) is 14.8 Å². The van der Waals surface area contributed by atoms with E-state index in [0.29, 0.717) is 17.1 Å². The Morgan fingerprint density at radius 1 is 1.14 bits per heavy atom. The fraction of sp³-hybridized carbons (Fsp3) is 0.345. The van der Waals surface area contributed by atoms with Crippen LogP contribution in [-0.2, 0) is 22.6 Å². The van der Waals surface area contributed by atoms with E-state index in [2.05, 4.69) is 32.4 Å². The highest BCUT2D eigenvalue weighted by Gasteiger charge is 2.36. The Labute approximate surface area is 221 Å². The van der Waals surface area contributed by atoms with Crippen LogP contribution in [0.25, 0.3) is 22.0 Å². The Hall–Kier alpha value is -3.42. The molecule has 2 aromatic carbocycles. The lowest BCUT2D eigenvalue weighted by molar-refractivity contribution is -0.160. The Balaban J connectivity index is 1.85. The van der Waals surface area contributed by atoms with Gasteiger partial charge in [0.05, 0.1) is 16.8 Å². The Morgan fingerprint density at radius 3 is 2.43 bits per heavy atom. The first kappa shape index (κ1) is 25.2. The molecule has 1 aliphatic heterocycles. The number of aliphatic carboxylic acids is 1. The van der Waals surface area contributed by atoms with Crippen molar-refractivity contribution in [1.82, 2.24) is 14.5 Å². The van der Waals surface area contributed by atoms with E-state index in [9.17, 15) is 9.90 Å². The van der Waals surface area contributed by atoms with Gasteiger partial charge in [0.2, 0.25) is 0 Å². The molecule has 2 aromatic heterocycles. The molecular formula is C29H31ClN4O3. The van der Waals surface area contributed by atoms with E-state index in [0.717, 1.165) is 57.6 Å². The van der Waals surface area contributed by atoms with Crippen LogP contribution in [0.15, 0.2) is 49.1 Å². The van der Waals surface area contributed by atoms with E-state index in [-0.39, 0.29) is 0 Å². The second-order valence-corrected chi connectivity index (χ2v) is 11.0. The Kier molecular flexibility index (Phi) is 6.46. The molecule has 0 saturated heterocycles. The van der Waals surface area contributed by atoms with Crippen molar-refractivity contribution >= 4 is 34.2 Å². The minimum atomic E-state index is -1.15. The number of aryl methyl sites for hydroxylation is 1. The molecule has 0 aliphatic carbocycles. The second kappa shape index (κ2) is 9.47. The summed E-state index contributed by atoms with van der Waals surface area (Å²) in [5.41, 5.74) is 6.93. The van der Waals surface area contributed by atoms with Crippen molar-refractivity contribution in [2.24, 2.45) is 0 Å². The van der Waals surface area contributed by atoms with Crippen molar-refractivity contribution in [3.63, 3.8) is 0 Å². The zero-order chi connectivity index (χ0) is 26.5. The molecule has 4 aromatic rings. The number of carboxylic acids is 1. The summed E-state index contributed by atoms with van der Waals surface area (Å²) in [4.78, 5) is 23.5. The Morgan fingerprint density at radius 2 is 1.81 bits per heavy atom. The zero-order valence-corrected chi connectivity index (χ0v) is 22.5. The number of benzene rings is 2. The number of carboxylic acid groups (broad SMARTS) is 1. The zero-order valence-electron chi connectivity index (χ0n) is 21.7. The molecule has 0 bridgehead atoms. The summed E-state index contributed by atoms with van der Waals surface area (Å²) in [7, 11) is 0. The van der Waals surface area contributed by atoms with E-state index < -0.39 is 17.7 Å². The van der Waals surface area contributed by atoms with Crippen molar-refractivity contribution in [3.8, 4) is 11.1 Å². The molecule has 5 rings (SSSR count). The minimum absolute atomic E-state index is 0.624. The molecule has 37 heavy (non-hydrogen) atoms. The average molecular weight is 519 g/mol. The van der Waals surface area contributed by atoms with Gasteiger partial charge in [-0.05, 0) is 69.5 Å². The van der Waals surface area contributed by atoms with Crippen LogP contribution in [0.3, 0.4) is 0 Å². The molecule has 0 spiro atoms. The van der Waals surface area contributed by atoms with Gasteiger partial charge < -0.3 is 19.3 Å². The first-order valence-electron chi connectivity index (χ1n) is 12.4. The highest BCUT2D eigenvalue weighted by molar-refractivity contribution is 6.30. The first-order valence-corrected chi connectivity index (χ1v) is 12.7. The van der Waals surface area contributed by atoms with E-state index in [1.54, 1.807) is 0 Å². The van der Waals surface area contributed by atoms with Gasteiger partial charge in [0.1, 0.15) is 6.33 Å². The molecule has 1 aliphatic rings. The summed E-state index contributed by atoms with van der Waals surface area (Å²) < 4.78 is 8.57. The lowest BCUT2D eigenvalue weighted by Gasteiger charge is -2.36. The van der Waals surface area contributed by atoms with Gasteiger partial charge in [0, 0.05) is 59.3 Å². The summed E-state index contributed by atoms with van der Waals surface area (Å²) in [5.74, 6) is -1.02. The smallest absolute Gasteiger partial charge is 0.337 e. The molecule has 0 unspecified atom stereocenters. The fourth-order valence-electron chi connectivity index (χ4n) is 5.40. The van der Waals surface area contributed by atoms with Crippen LogP contribution in [0.1, 0.15) is 49.3 Å². The van der Waals surface area contributed by atoms with Crippen molar-refractivity contribution in [2.75, 3.05) is 11.4 Å². The third kappa shape index (κ3) is 4.69. The van der Waals surface area contributed by atoms with Crippen LogP contribution < -0.4 is 4.90 Å². The van der Waals surface area contributed by atoms with Gasteiger partial charge >= 0.3 is 5.97 Å². The molecule has 0 saturated carbocycles. The predicted octanol–water partition coefficient (Wildman–Crippen LogP) is 6.33. The molecule has 0 radical (unpaired) electrons. The number of hydrogen-bond donors (Lipinski definition) is 1. The molecule has 192 valence electrons. The first-order chi connectivity index (χ1) is 17.5. The maximum absolute atomic E-state index is 12.8. The van der Waals surface area contributed by atoms with Gasteiger partial charge in [0.15, 0.2) is 6.10 Å².